The normalized spacial score (nSPS) is 18.1. The van der Waals surface area contributed by atoms with Gasteiger partial charge in [-0.05, 0) is 18.6 Å². The summed E-state index contributed by atoms with van der Waals surface area (Å²) in [6.07, 6.45) is -4.44. The summed E-state index contributed by atoms with van der Waals surface area (Å²) in [6, 6.07) is 4.96. The number of nitrogens with zero attached hydrogens (tertiary/aromatic N) is 1. The molecule has 9 heteroatoms. The maximum absolute atomic E-state index is 13.7. The lowest BCUT2D eigenvalue weighted by atomic mass is 10.2. The molecule has 1 N–H and O–H groups in total. The van der Waals surface area contributed by atoms with Gasteiger partial charge in [0.15, 0.2) is 0 Å². The van der Waals surface area contributed by atoms with Crippen LogP contribution in [0.3, 0.4) is 0 Å². The van der Waals surface area contributed by atoms with Gasteiger partial charge in [0.1, 0.15) is 18.5 Å². The fourth-order valence-electron chi connectivity index (χ4n) is 2.34. The smallest absolute Gasteiger partial charge is 0.372 e. The van der Waals surface area contributed by atoms with Gasteiger partial charge in [-0.25, -0.2) is 4.39 Å². The van der Waals surface area contributed by atoms with E-state index in [1.807, 2.05) is 0 Å². The first kappa shape index (κ1) is 18.2. The van der Waals surface area contributed by atoms with Crippen LogP contribution in [0.15, 0.2) is 24.3 Å². The minimum atomic E-state index is -4.45. The molecule has 24 heavy (non-hydrogen) atoms. The van der Waals surface area contributed by atoms with Crippen LogP contribution in [0, 0.1) is 5.82 Å². The molecule has 1 heterocycles. The van der Waals surface area contributed by atoms with Gasteiger partial charge in [0, 0.05) is 13.0 Å². The summed E-state index contributed by atoms with van der Waals surface area (Å²) in [4.78, 5) is 25.1. The summed E-state index contributed by atoms with van der Waals surface area (Å²) in [5.74, 6) is -1.59. The number of benzene rings is 1. The topological polar surface area (TPSA) is 58.6 Å². The fourth-order valence-corrected chi connectivity index (χ4v) is 2.34. The maximum atomic E-state index is 13.7. The molecule has 1 fully saturated rings. The van der Waals surface area contributed by atoms with Crippen molar-refractivity contribution in [3.63, 3.8) is 0 Å². The second-order valence-corrected chi connectivity index (χ2v) is 5.27. The Balaban J connectivity index is 1.81. The largest absolute Gasteiger partial charge is 0.411 e. The highest BCUT2D eigenvalue weighted by Gasteiger charge is 2.34. The average Bonchev–Trinajstić information content (AvgIpc) is 2.84. The van der Waals surface area contributed by atoms with Crippen molar-refractivity contribution in [1.82, 2.24) is 5.32 Å². The first-order chi connectivity index (χ1) is 11.3. The molecule has 2 amide bonds. The Morgan fingerprint density at radius 1 is 1.33 bits per heavy atom. The van der Waals surface area contributed by atoms with Crippen LogP contribution in [0.2, 0.25) is 0 Å². The standard InChI is InChI=1S/C15H16F4N2O3/c16-10-3-1-2-4-12(10)21-7-5-11(14(21)23)20-13(22)6-8-24-9-15(17,18)19/h1-4,11H,5-9H2,(H,20,22)/t11-/m0/s1. The van der Waals surface area contributed by atoms with Crippen LogP contribution in [-0.2, 0) is 14.3 Å². The molecule has 0 saturated carbocycles. The molecule has 132 valence electrons. The number of ether oxygens (including phenoxy) is 1. The Bertz CT molecular complexity index is 607. The van der Waals surface area contributed by atoms with E-state index in [2.05, 4.69) is 10.1 Å². The van der Waals surface area contributed by atoms with Crippen LogP contribution in [0.1, 0.15) is 12.8 Å². The van der Waals surface area contributed by atoms with Crippen molar-refractivity contribution >= 4 is 17.5 Å². The van der Waals surface area contributed by atoms with Gasteiger partial charge in [0.2, 0.25) is 11.8 Å². The average molecular weight is 348 g/mol. The minimum Gasteiger partial charge on any atom is -0.372 e. The number of carbonyl (C=O) groups excluding carboxylic acids is 2. The molecule has 2 rings (SSSR count). The summed E-state index contributed by atoms with van der Waals surface area (Å²) < 4.78 is 53.7. The number of amides is 2. The quantitative estimate of drug-likeness (QED) is 0.632. The number of nitrogens with one attached hydrogen (secondary N) is 1. The first-order valence-electron chi connectivity index (χ1n) is 7.28. The number of carbonyl (C=O) groups is 2. The van der Waals surface area contributed by atoms with Crippen molar-refractivity contribution in [1.29, 1.82) is 0 Å². The number of para-hydroxylation sites is 1. The predicted molar refractivity (Wildman–Crippen MR) is 76.8 cm³/mol. The van der Waals surface area contributed by atoms with E-state index in [4.69, 9.17) is 0 Å². The second-order valence-electron chi connectivity index (χ2n) is 5.27. The van der Waals surface area contributed by atoms with Crippen LogP contribution in [0.5, 0.6) is 0 Å². The highest BCUT2D eigenvalue weighted by atomic mass is 19.4. The van der Waals surface area contributed by atoms with Crippen molar-refractivity contribution in [3.8, 4) is 0 Å². The van der Waals surface area contributed by atoms with E-state index in [0.29, 0.717) is 6.42 Å². The molecule has 5 nitrogen and oxygen atoms in total. The van der Waals surface area contributed by atoms with Gasteiger partial charge in [0.25, 0.3) is 0 Å². The van der Waals surface area contributed by atoms with E-state index >= 15 is 0 Å². The molecule has 1 aromatic carbocycles. The van der Waals surface area contributed by atoms with E-state index in [1.165, 1.54) is 23.1 Å². The summed E-state index contributed by atoms with van der Waals surface area (Å²) in [7, 11) is 0. The van der Waals surface area contributed by atoms with Crippen molar-refractivity contribution in [2.45, 2.75) is 25.1 Å². The third-order valence-corrected chi connectivity index (χ3v) is 3.42. The summed E-state index contributed by atoms with van der Waals surface area (Å²) in [5.41, 5.74) is 0.132. The summed E-state index contributed by atoms with van der Waals surface area (Å²) >= 11 is 0. The third kappa shape index (κ3) is 4.92. The molecule has 1 atom stereocenters. The number of halogens is 4. The number of hydrogen-bond donors (Lipinski definition) is 1. The van der Waals surface area contributed by atoms with E-state index in [9.17, 15) is 27.2 Å². The van der Waals surface area contributed by atoms with E-state index in [1.54, 1.807) is 6.07 Å². The molecule has 0 aliphatic carbocycles. The Kier molecular flexibility index (Phi) is 5.76. The van der Waals surface area contributed by atoms with Gasteiger partial charge in [-0.1, -0.05) is 12.1 Å². The third-order valence-electron chi connectivity index (χ3n) is 3.42. The molecule has 1 aliphatic rings. The highest BCUT2D eigenvalue weighted by Crippen LogP contribution is 2.24. The number of anilines is 1. The lowest BCUT2D eigenvalue weighted by Gasteiger charge is -2.17. The van der Waals surface area contributed by atoms with Crippen molar-refractivity contribution in [2.75, 3.05) is 24.7 Å². The van der Waals surface area contributed by atoms with Crippen molar-refractivity contribution < 1.29 is 31.9 Å². The minimum absolute atomic E-state index is 0.132. The molecule has 0 aromatic heterocycles. The lowest BCUT2D eigenvalue weighted by Crippen LogP contribution is -2.42. The van der Waals surface area contributed by atoms with Crippen LogP contribution in [0.25, 0.3) is 0 Å². The van der Waals surface area contributed by atoms with E-state index in [-0.39, 0.29) is 18.7 Å². The molecule has 1 aromatic rings. The number of alkyl halides is 3. The molecule has 1 saturated heterocycles. The summed E-state index contributed by atoms with van der Waals surface area (Å²) in [6.45, 7) is -1.58. The van der Waals surface area contributed by atoms with Gasteiger partial charge in [-0.2, -0.15) is 13.2 Å². The van der Waals surface area contributed by atoms with Gasteiger partial charge < -0.3 is 15.0 Å². The highest BCUT2D eigenvalue weighted by molar-refractivity contribution is 6.01. The van der Waals surface area contributed by atoms with Crippen LogP contribution >= 0.6 is 0 Å². The first-order valence-corrected chi connectivity index (χ1v) is 7.28. The van der Waals surface area contributed by atoms with E-state index < -0.39 is 43.1 Å². The van der Waals surface area contributed by atoms with Gasteiger partial charge in [-0.15, -0.1) is 0 Å². The van der Waals surface area contributed by atoms with Crippen molar-refractivity contribution in [2.24, 2.45) is 0 Å². The monoisotopic (exact) mass is 348 g/mol. The van der Waals surface area contributed by atoms with E-state index in [0.717, 1.165) is 0 Å². The molecule has 0 spiro atoms. The molecule has 0 bridgehead atoms. The molecule has 0 unspecified atom stereocenters. The molecular formula is C15H16F4N2O3. The Morgan fingerprint density at radius 3 is 2.71 bits per heavy atom. The van der Waals surface area contributed by atoms with Crippen molar-refractivity contribution in [3.05, 3.63) is 30.1 Å². The Hall–Kier alpha value is -2.16. The predicted octanol–water partition coefficient (Wildman–Crippen LogP) is 2.02. The SMILES string of the molecule is O=C(CCOCC(F)(F)F)N[C@H]1CCN(c2ccccc2F)C1=O. The van der Waals surface area contributed by atoms with Crippen LogP contribution < -0.4 is 10.2 Å². The molecular weight excluding hydrogens is 332 g/mol. The summed E-state index contributed by atoms with van der Waals surface area (Å²) in [5, 5.41) is 2.43. The zero-order valence-electron chi connectivity index (χ0n) is 12.6. The maximum Gasteiger partial charge on any atom is 0.411 e. The number of hydrogen-bond acceptors (Lipinski definition) is 3. The zero-order valence-corrected chi connectivity index (χ0v) is 12.6. The molecule has 0 radical (unpaired) electrons. The Labute approximate surface area is 135 Å². The molecule has 1 aliphatic heterocycles. The van der Waals surface area contributed by atoms with Crippen LogP contribution in [-0.4, -0.2) is 43.8 Å². The van der Waals surface area contributed by atoms with Crippen LogP contribution in [0.4, 0.5) is 23.2 Å². The fraction of sp³-hybridized carbons (Fsp3) is 0.467. The Morgan fingerprint density at radius 2 is 2.04 bits per heavy atom. The number of rotatable bonds is 6. The lowest BCUT2D eigenvalue weighted by molar-refractivity contribution is -0.174. The second kappa shape index (κ2) is 7.61. The van der Waals surface area contributed by atoms with Gasteiger partial charge in [-0.3, -0.25) is 9.59 Å². The van der Waals surface area contributed by atoms with Gasteiger partial charge in [0.05, 0.1) is 12.3 Å². The van der Waals surface area contributed by atoms with Gasteiger partial charge >= 0.3 is 6.18 Å². The zero-order chi connectivity index (χ0) is 17.7.